The number of hydrogen-bond donors (Lipinski definition) is 3. The summed E-state index contributed by atoms with van der Waals surface area (Å²) in [6.45, 7) is 0.217. The fourth-order valence-corrected chi connectivity index (χ4v) is 3.46. The van der Waals surface area contributed by atoms with E-state index in [1.807, 2.05) is 34.9 Å². The van der Waals surface area contributed by atoms with Gasteiger partial charge in [0.1, 0.15) is 11.9 Å². The Bertz CT molecular complexity index is 998. The van der Waals surface area contributed by atoms with Crippen LogP contribution in [0.5, 0.6) is 0 Å². The first-order chi connectivity index (χ1) is 13.4. The van der Waals surface area contributed by atoms with Crippen LogP contribution < -0.4 is 10.6 Å². The number of halogens is 2. The fraction of sp³-hybridized carbons (Fsp3) is 0.300. The van der Waals surface area contributed by atoms with E-state index in [9.17, 15) is 18.7 Å². The summed E-state index contributed by atoms with van der Waals surface area (Å²) in [7, 11) is 0. The molecule has 1 fully saturated rings. The van der Waals surface area contributed by atoms with E-state index in [4.69, 9.17) is 0 Å². The number of alkyl halides is 2. The number of carbonyl (C=O) groups is 1. The lowest BCUT2D eigenvalue weighted by Crippen LogP contribution is -2.62. The number of fused-ring (bicyclic) bond motifs is 1. The van der Waals surface area contributed by atoms with Crippen LogP contribution in [0.2, 0.25) is 0 Å². The van der Waals surface area contributed by atoms with Crippen LogP contribution in [-0.4, -0.2) is 45.2 Å². The number of nitrogens with one attached hydrogen (secondary N) is 2. The maximum absolute atomic E-state index is 14.6. The predicted molar refractivity (Wildman–Crippen MR) is 102 cm³/mol. The lowest BCUT2D eigenvalue weighted by molar-refractivity contribution is -0.192. The van der Waals surface area contributed by atoms with E-state index in [0.717, 1.165) is 11.2 Å². The molecule has 0 bridgehead atoms. The van der Waals surface area contributed by atoms with Crippen molar-refractivity contribution >= 4 is 22.6 Å². The summed E-state index contributed by atoms with van der Waals surface area (Å²) in [6.07, 6.45) is 1.87. The minimum Gasteiger partial charge on any atom is -0.382 e. The SMILES string of the molecule is O=C(Nc1ccc2c(c1)ncn2-c1ccccc1)C(F)(F)C1(O)CCCNC1. The van der Waals surface area contributed by atoms with Crippen molar-refractivity contribution in [1.29, 1.82) is 0 Å². The molecule has 2 heterocycles. The number of para-hydroxylation sites is 1. The summed E-state index contributed by atoms with van der Waals surface area (Å²) in [6, 6.07) is 14.4. The molecule has 1 aliphatic heterocycles. The molecule has 0 spiro atoms. The second kappa shape index (κ2) is 6.96. The monoisotopic (exact) mass is 386 g/mol. The van der Waals surface area contributed by atoms with E-state index in [-0.39, 0.29) is 18.7 Å². The van der Waals surface area contributed by atoms with Crippen LogP contribution in [0.15, 0.2) is 54.9 Å². The first-order valence-electron chi connectivity index (χ1n) is 9.06. The summed E-state index contributed by atoms with van der Waals surface area (Å²) in [5.41, 5.74) is 0.0613. The molecule has 3 aromatic rings. The highest BCUT2D eigenvalue weighted by Crippen LogP contribution is 2.35. The Morgan fingerprint density at radius 1 is 1.25 bits per heavy atom. The Labute approximate surface area is 160 Å². The summed E-state index contributed by atoms with van der Waals surface area (Å²) in [4.78, 5) is 16.5. The molecule has 1 aromatic heterocycles. The summed E-state index contributed by atoms with van der Waals surface area (Å²) >= 11 is 0. The van der Waals surface area contributed by atoms with E-state index in [1.165, 1.54) is 6.07 Å². The van der Waals surface area contributed by atoms with Crippen LogP contribution in [0.4, 0.5) is 14.5 Å². The molecule has 1 saturated heterocycles. The molecule has 2 aromatic carbocycles. The van der Waals surface area contributed by atoms with Gasteiger partial charge in [-0.25, -0.2) is 4.98 Å². The zero-order chi connectivity index (χ0) is 19.8. The molecule has 0 aliphatic carbocycles. The van der Waals surface area contributed by atoms with E-state index < -0.39 is 17.4 Å². The Hall–Kier alpha value is -2.84. The number of carbonyl (C=O) groups excluding carboxylic acids is 1. The molecule has 4 rings (SSSR count). The van der Waals surface area contributed by atoms with Crippen molar-refractivity contribution in [3.05, 3.63) is 54.9 Å². The maximum atomic E-state index is 14.6. The minimum absolute atomic E-state index is 0.138. The zero-order valence-electron chi connectivity index (χ0n) is 15.0. The van der Waals surface area contributed by atoms with Gasteiger partial charge in [-0.1, -0.05) is 18.2 Å². The van der Waals surface area contributed by atoms with Gasteiger partial charge in [0.25, 0.3) is 5.91 Å². The fourth-order valence-electron chi connectivity index (χ4n) is 3.46. The van der Waals surface area contributed by atoms with Crippen LogP contribution in [0.25, 0.3) is 16.7 Å². The number of anilines is 1. The van der Waals surface area contributed by atoms with Crippen LogP contribution >= 0.6 is 0 Å². The average molecular weight is 386 g/mol. The molecule has 0 radical (unpaired) electrons. The van der Waals surface area contributed by atoms with Gasteiger partial charge in [-0.05, 0) is 49.7 Å². The van der Waals surface area contributed by atoms with Gasteiger partial charge in [0, 0.05) is 17.9 Å². The molecule has 28 heavy (non-hydrogen) atoms. The standard InChI is InChI=1S/C20H20F2N4O2/c21-20(22,19(28)9-4-10-23-12-19)18(27)25-14-7-8-17-16(11-14)24-13-26(17)15-5-2-1-3-6-15/h1-3,5-8,11,13,23,28H,4,9-10,12H2,(H,25,27). The van der Waals surface area contributed by atoms with Crippen molar-refractivity contribution in [3.8, 4) is 5.69 Å². The molecular weight excluding hydrogens is 366 g/mol. The maximum Gasteiger partial charge on any atom is 0.353 e. The van der Waals surface area contributed by atoms with Crippen LogP contribution in [0.3, 0.4) is 0 Å². The minimum atomic E-state index is -3.92. The van der Waals surface area contributed by atoms with Crippen molar-refractivity contribution in [3.63, 3.8) is 0 Å². The van der Waals surface area contributed by atoms with Crippen molar-refractivity contribution in [2.75, 3.05) is 18.4 Å². The van der Waals surface area contributed by atoms with Gasteiger partial charge in [0.2, 0.25) is 0 Å². The Morgan fingerprint density at radius 2 is 2.04 bits per heavy atom. The van der Waals surface area contributed by atoms with Crippen molar-refractivity contribution < 1.29 is 18.7 Å². The van der Waals surface area contributed by atoms with Crippen LogP contribution in [-0.2, 0) is 4.79 Å². The number of nitrogens with zero attached hydrogens (tertiary/aromatic N) is 2. The quantitative estimate of drug-likeness (QED) is 0.644. The van der Waals surface area contributed by atoms with E-state index in [0.29, 0.717) is 18.5 Å². The molecule has 1 amide bonds. The highest BCUT2D eigenvalue weighted by molar-refractivity contribution is 5.98. The number of rotatable bonds is 4. The van der Waals surface area contributed by atoms with Gasteiger partial charge >= 0.3 is 5.92 Å². The van der Waals surface area contributed by atoms with E-state index >= 15 is 0 Å². The number of hydrogen-bond acceptors (Lipinski definition) is 4. The number of β-amino-alcohol motifs (C(OH)–C–C–N with tert-alkyl or cyclic N) is 1. The second-order valence-corrected chi connectivity index (χ2v) is 6.99. The molecular formula is C20H20F2N4O2. The first-order valence-corrected chi connectivity index (χ1v) is 9.06. The third-order valence-electron chi connectivity index (χ3n) is 5.07. The van der Waals surface area contributed by atoms with Crippen LogP contribution in [0, 0.1) is 0 Å². The van der Waals surface area contributed by atoms with E-state index in [1.54, 1.807) is 18.5 Å². The summed E-state index contributed by atoms with van der Waals surface area (Å²) in [5.74, 6) is -5.45. The lowest BCUT2D eigenvalue weighted by Gasteiger charge is -2.37. The molecule has 146 valence electrons. The van der Waals surface area contributed by atoms with Crippen molar-refractivity contribution in [2.45, 2.75) is 24.4 Å². The lowest BCUT2D eigenvalue weighted by atomic mass is 9.87. The molecule has 0 saturated carbocycles. The third-order valence-corrected chi connectivity index (χ3v) is 5.07. The molecule has 6 nitrogen and oxygen atoms in total. The third kappa shape index (κ3) is 3.14. The number of benzene rings is 2. The zero-order valence-corrected chi connectivity index (χ0v) is 15.0. The van der Waals surface area contributed by atoms with E-state index in [2.05, 4.69) is 15.6 Å². The van der Waals surface area contributed by atoms with Crippen LogP contribution in [0.1, 0.15) is 12.8 Å². The molecule has 1 aliphatic rings. The van der Waals surface area contributed by atoms with Gasteiger partial charge in [0.15, 0.2) is 0 Å². The summed E-state index contributed by atoms with van der Waals surface area (Å²) in [5, 5.41) is 15.2. The van der Waals surface area contributed by atoms with Gasteiger partial charge in [-0.15, -0.1) is 0 Å². The topological polar surface area (TPSA) is 79.2 Å². The number of imidazole rings is 1. The highest BCUT2D eigenvalue weighted by atomic mass is 19.3. The average Bonchev–Trinajstić information content (AvgIpc) is 3.12. The van der Waals surface area contributed by atoms with Crippen molar-refractivity contribution in [1.82, 2.24) is 14.9 Å². The Balaban J connectivity index is 1.57. The van der Waals surface area contributed by atoms with Gasteiger partial charge < -0.3 is 15.7 Å². The van der Waals surface area contributed by atoms with Gasteiger partial charge in [-0.3, -0.25) is 9.36 Å². The summed E-state index contributed by atoms with van der Waals surface area (Å²) < 4.78 is 31.0. The molecule has 1 unspecified atom stereocenters. The Morgan fingerprint density at radius 3 is 2.75 bits per heavy atom. The predicted octanol–water partition coefficient (Wildman–Crippen LogP) is 2.71. The first kappa shape index (κ1) is 18.5. The molecule has 8 heteroatoms. The Kier molecular flexibility index (Phi) is 4.60. The van der Waals surface area contributed by atoms with Crippen molar-refractivity contribution in [2.24, 2.45) is 0 Å². The smallest absolute Gasteiger partial charge is 0.353 e. The highest BCUT2D eigenvalue weighted by Gasteiger charge is 2.58. The largest absolute Gasteiger partial charge is 0.382 e. The number of piperidine rings is 1. The number of aliphatic hydroxyl groups is 1. The number of aromatic nitrogens is 2. The normalized spacial score (nSPS) is 20.2. The van der Waals surface area contributed by atoms with Gasteiger partial charge in [-0.2, -0.15) is 8.78 Å². The molecule has 3 N–H and O–H groups in total. The number of amides is 1. The van der Waals surface area contributed by atoms with Gasteiger partial charge in [0.05, 0.1) is 11.0 Å². The molecule has 1 atom stereocenters. The second-order valence-electron chi connectivity index (χ2n) is 6.99.